The summed E-state index contributed by atoms with van der Waals surface area (Å²) in [7, 11) is 0. The van der Waals surface area contributed by atoms with Crippen molar-refractivity contribution in [3.8, 4) is 22.9 Å². The highest BCUT2D eigenvalue weighted by Crippen LogP contribution is 2.33. The van der Waals surface area contributed by atoms with Crippen molar-refractivity contribution in [3.05, 3.63) is 34.6 Å². The third kappa shape index (κ3) is 4.15. The lowest BCUT2D eigenvalue weighted by Crippen LogP contribution is -2.04. The van der Waals surface area contributed by atoms with E-state index < -0.39 is 6.61 Å². The zero-order valence-corrected chi connectivity index (χ0v) is 12.3. The minimum Gasteiger partial charge on any atom is -0.490 e. The van der Waals surface area contributed by atoms with Crippen molar-refractivity contribution >= 4 is 23.2 Å². The minimum atomic E-state index is -2.94. The topological polar surface area (TPSA) is 44.2 Å². The second-order valence-electron chi connectivity index (χ2n) is 3.81. The van der Waals surface area contributed by atoms with Crippen LogP contribution in [0.4, 0.5) is 8.78 Å². The fourth-order valence-electron chi connectivity index (χ4n) is 1.63. The minimum absolute atomic E-state index is 0.0660. The number of rotatable bonds is 5. The molecule has 8 heteroatoms. The molecule has 21 heavy (non-hydrogen) atoms. The lowest BCUT2D eigenvalue weighted by atomic mass is 10.2. The van der Waals surface area contributed by atoms with Crippen molar-refractivity contribution in [3.63, 3.8) is 0 Å². The van der Waals surface area contributed by atoms with Gasteiger partial charge in [-0.15, -0.1) is 0 Å². The van der Waals surface area contributed by atoms with Crippen LogP contribution in [-0.4, -0.2) is 23.2 Å². The van der Waals surface area contributed by atoms with E-state index in [4.69, 9.17) is 27.9 Å². The molecule has 0 amide bonds. The molecule has 0 N–H and O–H groups in total. The van der Waals surface area contributed by atoms with E-state index in [9.17, 15) is 8.78 Å². The fourth-order valence-corrected chi connectivity index (χ4v) is 2.05. The molecular formula is C13H10Cl2F2N2O2. The molecule has 1 aromatic carbocycles. The Morgan fingerprint density at radius 3 is 2.33 bits per heavy atom. The number of nitrogens with zero attached hydrogens (tertiary/aromatic N) is 2. The van der Waals surface area contributed by atoms with Crippen molar-refractivity contribution in [1.82, 2.24) is 9.97 Å². The van der Waals surface area contributed by atoms with Gasteiger partial charge in [-0.2, -0.15) is 8.78 Å². The van der Waals surface area contributed by atoms with Crippen LogP contribution >= 0.6 is 23.2 Å². The Labute approximate surface area is 129 Å². The smallest absolute Gasteiger partial charge is 0.387 e. The highest BCUT2D eigenvalue weighted by atomic mass is 35.5. The van der Waals surface area contributed by atoms with E-state index in [1.54, 1.807) is 6.92 Å². The molecule has 2 rings (SSSR count). The molecule has 0 aliphatic heterocycles. The van der Waals surface area contributed by atoms with E-state index in [0.717, 1.165) is 0 Å². The van der Waals surface area contributed by atoms with E-state index in [-0.39, 0.29) is 27.6 Å². The molecule has 0 saturated heterocycles. The van der Waals surface area contributed by atoms with Gasteiger partial charge in [0, 0.05) is 11.6 Å². The van der Waals surface area contributed by atoms with Gasteiger partial charge < -0.3 is 9.47 Å². The van der Waals surface area contributed by atoms with E-state index in [1.807, 2.05) is 0 Å². The molecule has 0 saturated carbocycles. The first-order chi connectivity index (χ1) is 9.99. The SMILES string of the molecule is CCOc1cc(-c2nc(Cl)cc(Cl)n2)ccc1OC(F)F. The largest absolute Gasteiger partial charge is 0.490 e. The van der Waals surface area contributed by atoms with Crippen LogP contribution in [0, 0.1) is 0 Å². The number of hydrogen-bond acceptors (Lipinski definition) is 4. The number of aromatic nitrogens is 2. The van der Waals surface area contributed by atoms with Gasteiger partial charge in [-0.3, -0.25) is 0 Å². The number of ether oxygens (including phenoxy) is 2. The quantitative estimate of drug-likeness (QED) is 0.757. The predicted molar refractivity (Wildman–Crippen MR) is 75.3 cm³/mol. The zero-order chi connectivity index (χ0) is 15.4. The maximum Gasteiger partial charge on any atom is 0.387 e. The summed E-state index contributed by atoms with van der Waals surface area (Å²) in [4.78, 5) is 8.04. The third-order valence-corrected chi connectivity index (χ3v) is 2.77. The van der Waals surface area contributed by atoms with E-state index in [0.29, 0.717) is 12.2 Å². The first-order valence-electron chi connectivity index (χ1n) is 5.91. The highest BCUT2D eigenvalue weighted by Gasteiger charge is 2.14. The molecule has 2 aromatic rings. The molecule has 112 valence electrons. The standard InChI is InChI=1S/C13H10Cl2F2N2O2/c1-2-20-9-5-7(3-4-8(9)21-13(16)17)12-18-10(14)6-11(15)19-12/h3-6,13H,2H2,1H3. The Hall–Kier alpha value is -1.66. The summed E-state index contributed by atoms with van der Waals surface area (Å²) >= 11 is 11.6. The van der Waals surface area contributed by atoms with Crippen LogP contribution in [0.15, 0.2) is 24.3 Å². The van der Waals surface area contributed by atoms with Crippen LogP contribution in [0.1, 0.15) is 6.92 Å². The maximum absolute atomic E-state index is 12.3. The summed E-state index contributed by atoms with van der Waals surface area (Å²) < 4.78 is 34.3. The van der Waals surface area contributed by atoms with Gasteiger partial charge >= 0.3 is 6.61 Å². The van der Waals surface area contributed by atoms with Crippen LogP contribution in [0.25, 0.3) is 11.4 Å². The Balaban J connectivity index is 2.43. The van der Waals surface area contributed by atoms with Crippen molar-refractivity contribution in [2.75, 3.05) is 6.61 Å². The van der Waals surface area contributed by atoms with Crippen molar-refractivity contribution in [1.29, 1.82) is 0 Å². The molecule has 0 spiro atoms. The van der Waals surface area contributed by atoms with E-state index >= 15 is 0 Å². The van der Waals surface area contributed by atoms with Gasteiger partial charge in [0.15, 0.2) is 17.3 Å². The highest BCUT2D eigenvalue weighted by molar-refractivity contribution is 6.33. The molecular weight excluding hydrogens is 325 g/mol. The Morgan fingerprint density at radius 1 is 1.10 bits per heavy atom. The van der Waals surface area contributed by atoms with Gasteiger partial charge in [0.1, 0.15) is 10.3 Å². The summed E-state index contributed by atoms with van der Waals surface area (Å²) in [6, 6.07) is 5.75. The van der Waals surface area contributed by atoms with Crippen LogP contribution in [-0.2, 0) is 0 Å². The lowest BCUT2D eigenvalue weighted by molar-refractivity contribution is -0.0514. The second kappa shape index (κ2) is 6.87. The average Bonchev–Trinajstić information content (AvgIpc) is 2.39. The average molecular weight is 335 g/mol. The summed E-state index contributed by atoms with van der Waals surface area (Å²) in [5.74, 6) is 0.357. The van der Waals surface area contributed by atoms with Gasteiger partial charge in [-0.25, -0.2) is 9.97 Å². The van der Waals surface area contributed by atoms with Crippen LogP contribution in [0.2, 0.25) is 10.3 Å². The second-order valence-corrected chi connectivity index (χ2v) is 4.58. The van der Waals surface area contributed by atoms with Crippen molar-refractivity contribution in [2.24, 2.45) is 0 Å². The molecule has 0 bridgehead atoms. The van der Waals surface area contributed by atoms with Gasteiger partial charge in [-0.05, 0) is 25.1 Å². The molecule has 0 aliphatic carbocycles. The molecule has 0 fully saturated rings. The maximum atomic E-state index is 12.3. The van der Waals surface area contributed by atoms with Gasteiger partial charge in [-0.1, -0.05) is 23.2 Å². The molecule has 0 atom stereocenters. The van der Waals surface area contributed by atoms with Gasteiger partial charge in [0.2, 0.25) is 0 Å². The molecule has 0 unspecified atom stereocenters. The molecule has 1 aromatic heterocycles. The number of halogens is 4. The Bertz CT molecular complexity index is 621. The summed E-state index contributed by atoms with van der Waals surface area (Å²) in [5, 5.41) is 0.353. The normalized spacial score (nSPS) is 10.8. The first-order valence-corrected chi connectivity index (χ1v) is 6.67. The van der Waals surface area contributed by atoms with Gasteiger partial charge in [0.25, 0.3) is 0 Å². The van der Waals surface area contributed by atoms with E-state index in [2.05, 4.69) is 14.7 Å². The summed E-state index contributed by atoms with van der Waals surface area (Å²) in [6.07, 6.45) is 0. The summed E-state index contributed by atoms with van der Waals surface area (Å²) in [5.41, 5.74) is 0.518. The number of alkyl halides is 2. The van der Waals surface area contributed by atoms with Gasteiger partial charge in [0.05, 0.1) is 6.61 Å². The number of hydrogen-bond donors (Lipinski definition) is 0. The molecule has 1 heterocycles. The number of benzene rings is 1. The van der Waals surface area contributed by atoms with Crippen molar-refractivity contribution < 1.29 is 18.3 Å². The van der Waals surface area contributed by atoms with E-state index in [1.165, 1.54) is 24.3 Å². The Kier molecular flexibility index (Phi) is 5.14. The molecule has 4 nitrogen and oxygen atoms in total. The van der Waals surface area contributed by atoms with Crippen LogP contribution < -0.4 is 9.47 Å². The first kappa shape index (κ1) is 15.7. The fraction of sp³-hybridized carbons (Fsp3) is 0.231. The third-order valence-electron chi connectivity index (χ3n) is 2.38. The zero-order valence-electron chi connectivity index (χ0n) is 10.8. The van der Waals surface area contributed by atoms with Crippen molar-refractivity contribution in [2.45, 2.75) is 13.5 Å². The molecule has 0 radical (unpaired) electrons. The summed E-state index contributed by atoms with van der Waals surface area (Å²) in [6.45, 7) is -0.918. The van der Waals surface area contributed by atoms with Crippen LogP contribution in [0.3, 0.4) is 0 Å². The monoisotopic (exact) mass is 334 g/mol. The van der Waals surface area contributed by atoms with Crippen LogP contribution in [0.5, 0.6) is 11.5 Å². The molecule has 0 aliphatic rings. The lowest BCUT2D eigenvalue weighted by Gasteiger charge is -2.12. The predicted octanol–water partition coefficient (Wildman–Crippen LogP) is 4.45. The Morgan fingerprint density at radius 2 is 1.76 bits per heavy atom.